The van der Waals surface area contributed by atoms with Crippen molar-refractivity contribution in [1.82, 2.24) is 14.9 Å². The van der Waals surface area contributed by atoms with Crippen molar-refractivity contribution < 1.29 is 14.3 Å². The number of carbonyl (C=O) groups is 2. The number of hydrogen-bond acceptors (Lipinski definition) is 6. The molecule has 0 saturated heterocycles. The number of anilines is 1. The first kappa shape index (κ1) is 21.0. The normalized spacial score (nSPS) is 13.6. The van der Waals surface area contributed by atoms with Gasteiger partial charge in [0.25, 0.3) is 5.91 Å². The molecule has 1 N–H and O–H groups in total. The Balaban J connectivity index is 1.39. The molecular weight excluding hydrogens is 416 g/mol. The molecule has 1 aliphatic heterocycles. The van der Waals surface area contributed by atoms with Gasteiger partial charge >= 0.3 is 5.97 Å². The summed E-state index contributed by atoms with van der Waals surface area (Å²) in [5.41, 5.74) is 5.29. The molecule has 0 radical (unpaired) electrons. The van der Waals surface area contributed by atoms with Crippen LogP contribution in [-0.2, 0) is 22.5 Å². The lowest BCUT2D eigenvalue weighted by Crippen LogP contribution is -2.30. The number of rotatable bonds is 4. The molecule has 4 aromatic rings. The van der Waals surface area contributed by atoms with E-state index < -0.39 is 11.9 Å². The molecule has 3 heterocycles. The predicted molar refractivity (Wildman–Crippen MR) is 127 cm³/mol. The van der Waals surface area contributed by atoms with Gasteiger partial charge in [-0.2, -0.15) is 0 Å². The van der Waals surface area contributed by atoms with Gasteiger partial charge in [0.1, 0.15) is 0 Å². The maximum absolute atomic E-state index is 13.2. The van der Waals surface area contributed by atoms with Gasteiger partial charge in [0.15, 0.2) is 6.61 Å². The lowest BCUT2D eigenvalue weighted by Gasteiger charge is -2.26. The van der Waals surface area contributed by atoms with Crippen molar-refractivity contribution in [2.24, 2.45) is 0 Å². The van der Waals surface area contributed by atoms with Crippen LogP contribution in [-0.4, -0.2) is 46.9 Å². The summed E-state index contributed by atoms with van der Waals surface area (Å²) in [7, 11) is 2.02. The molecule has 0 spiro atoms. The SMILES string of the molecule is Cc1cc(NC(=O)COC(=O)c2c3c(nc4ccccc24)CCN(C)C3)c2ccccc2n1. The summed E-state index contributed by atoms with van der Waals surface area (Å²) in [6.45, 7) is 2.99. The molecule has 0 unspecified atom stereocenters. The summed E-state index contributed by atoms with van der Waals surface area (Å²) in [6, 6.07) is 17.0. The zero-order valence-electron chi connectivity index (χ0n) is 18.6. The van der Waals surface area contributed by atoms with Crippen LogP contribution in [0.1, 0.15) is 27.3 Å². The lowest BCUT2D eigenvalue weighted by molar-refractivity contribution is -0.119. The number of amides is 1. The van der Waals surface area contributed by atoms with Crippen LogP contribution in [0.5, 0.6) is 0 Å². The van der Waals surface area contributed by atoms with E-state index in [-0.39, 0.29) is 6.61 Å². The molecule has 1 aliphatic rings. The summed E-state index contributed by atoms with van der Waals surface area (Å²) >= 11 is 0. The minimum Gasteiger partial charge on any atom is -0.452 e. The number of pyridine rings is 2. The number of para-hydroxylation sites is 2. The lowest BCUT2D eigenvalue weighted by atomic mass is 9.96. The maximum atomic E-state index is 13.2. The Morgan fingerprint density at radius 1 is 1.03 bits per heavy atom. The quantitative estimate of drug-likeness (QED) is 0.485. The molecule has 2 aromatic heterocycles. The Kier molecular flexibility index (Phi) is 5.48. The molecule has 0 fully saturated rings. The number of fused-ring (bicyclic) bond motifs is 3. The fraction of sp³-hybridized carbons (Fsp3) is 0.231. The largest absolute Gasteiger partial charge is 0.452 e. The maximum Gasteiger partial charge on any atom is 0.339 e. The van der Waals surface area contributed by atoms with E-state index in [4.69, 9.17) is 9.72 Å². The fourth-order valence-corrected chi connectivity index (χ4v) is 4.36. The van der Waals surface area contributed by atoms with E-state index in [9.17, 15) is 9.59 Å². The van der Waals surface area contributed by atoms with Gasteiger partial charge in [-0.15, -0.1) is 0 Å². The van der Waals surface area contributed by atoms with Crippen LogP contribution >= 0.6 is 0 Å². The number of nitrogens with zero attached hydrogens (tertiary/aromatic N) is 3. The Morgan fingerprint density at radius 2 is 1.73 bits per heavy atom. The van der Waals surface area contributed by atoms with Crippen LogP contribution in [0, 0.1) is 6.92 Å². The molecule has 166 valence electrons. The van der Waals surface area contributed by atoms with Crippen molar-refractivity contribution in [3.05, 3.63) is 77.1 Å². The highest BCUT2D eigenvalue weighted by atomic mass is 16.5. The third-order valence-corrected chi connectivity index (χ3v) is 5.89. The van der Waals surface area contributed by atoms with Crippen molar-refractivity contribution >= 4 is 39.4 Å². The van der Waals surface area contributed by atoms with Crippen molar-refractivity contribution in [2.75, 3.05) is 25.5 Å². The van der Waals surface area contributed by atoms with E-state index in [2.05, 4.69) is 15.2 Å². The molecule has 0 aliphatic carbocycles. The highest BCUT2D eigenvalue weighted by Crippen LogP contribution is 2.28. The van der Waals surface area contributed by atoms with E-state index in [1.54, 1.807) is 0 Å². The predicted octanol–water partition coefficient (Wildman–Crippen LogP) is 3.87. The average molecular weight is 441 g/mol. The van der Waals surface area contributed by atoms with Crippen LogP contribution < -0.4 is 5.32 Å². The van der Waals surface area contributed by atoms with Crippen molar-refractivity contribution in [3.8, 4) is 0 Å². The molecule has 0 bridgehead atoms. The first-order valence-electron chi connectivity index (χ1n) is 10.9. The highest BCUT2D eigenvalue weighted by Gasteiger charge is 2.25. The average Bonchev–Trinajstić information content (AvgIpc) is 2.81. The Hall–Kier alpha value is -3.84. The topological polar surface area (TPSA) is 84.4 Å². The summed E-state index contributed by atoms with van der Waals surface area (Å²) < 4.78 is 5.50. The Bertz CT molecular complexity index is 1400. The number of carbonyl (C=O) groups excluding carboxylic acids is 2. The molecule has 33 heavy (non-hydrogen) atoms. The van der Waals surface area contributed by atoms with Gasteiger partial charge in [0, 0.05) is 47.2 Å². The number of hydrogen-bond donors (Lipinski definition) is 1. The second kappa shape index (κ2) is 8.60. The molecule has 0 saturated carbocycles. The third kappa shape index (κ3) is 4.15. The molecular formula is C26H24N4O3. The number of esters is 1. The standard InChI is InChI=1S/C26H24N4O3/c1-16-13-23(17-7-3-5-9-20(17)27-16)29-24(31)15-33-26(32)25-18-8-4-6-10-21(18)28-22-11-12-30(2)14-19(22)25/h3-10,13H,11-12,14-15H2,1-2H3,(H,27,29,31). The fourth-order valence-electron chi connectivity index (χ4n) is 4.36. The first-order chi connectivity index (χ1) is 16.0. The summed E-state index contributed by atoms with van der Waals surface area (Å²) in [4.78, 5) is 37.3. The van der Waals surface area contributed by atoms with Crippen molar-refractivity contribution in [2.45, 2.75) is 19.9 Å². The van der Waals surface area contributed by atoms with Gasteiger partial charge in [-0.3, -0.25) is 14.8 Å². The van der Waals surface area contributed by atoms with Crippen LogP contribution in [0.2, 0.25) is 0 Å². The van der Waals surface area contributed by atoms with Crippen molar-refractivity contribution in [1.29, 1.82) is 0 Å². The van der Waals surface area contributed by atoms with E-state index in [1.165, 1.54) is 0 Å². The zero-order chi connectivity index (χ0) is 22.9. The van der Waals surface area contributed by atoms with E-state index in [1.807, 2.05) is 68.6 Å². The first-order valence-corrected chi connectivity index (χ1v) is 10.9. The Morgan fingerprint density at radius 3 is 2.52 bits per heavy atom. The minimum atomic E-state index is -0.508. The van der Waals surface area contributed by atoms with Crippen LogP contribution in [0.4, 0.5) is 5.69 Å². The number of aryl methyl sites for hydroxylation is 1. The zero-order valence-corrected chi connectivity index (χ0v) is 18.6. The number of benzene rings is 2. The monoisotopic (exact) mass is 440 g/mol. The van der Waals surface area contributed by atoms with E-state index >= 15 is 0 Å². The number of nitrogens with one attached hydrogen (secondary N) is 1. The molecule has 1 amide bonds. The van der Waals surface area contributed by atoms with Gasteiger partial charge in [0.05, 0.1) is 22.3 Å². The summed E-state index contributed by atoms with van der Waals surface area (Å²) in [5.74, 6) is -0.908. The minimum absolute atomic E-state index is 0.379. The molecule has 2 aromatic carbocycles. The number of aromatic nitrogens is 2. The second-order valence-electron chi connectivity index (χ2n) is 8.37. The van der Waals surface area contributed by atoms with Crippen LogP contribution in [0.25, 0.3) is 21.8 Å². The molecule has 7 heteroatoms. The molecule has 0 atom stereocenters. The summed E-state index contributed by atoms with van der Waals surface area (Å²) in [5, 5.41) is 4.44. The van der Waals surface area contributed by atoms with Crippen molar-refractivity contribution in [3.63, 3.8) is 0 Å². The third-order valence-electron chi connectivity index (χ3n) is 5.89. The molecule has 7 nitrogen and oxygen atoms in total. The van der Waals surface area contributed by atoms with Gasteiger partial charge in [-0.05, 0) is 32.2 Å². The Labute approximate surface area is 191 Å². The number of ether oxygens (including phenoxy) is 1. The van der Waals surface area contributed by atoms with E-state index in [0.29, 0.717) is 17.8 Å². The van der Waals surface area contributed by atoms with E-state index in [0.717, 1.165) is 51.7 Å². The van der Waals surface area contributed by atoms with Gasteiger partial charge < -0.3 is 15.0 Å². The highest BCUT2D eigenvalue weighted by molar-refractivity contribution is 6.07. The van der Waals surface area contributed by atoms with Gasteiger partial charge in [0.2, 0.25) is 0 Å². The smallest absolute Gasteiger partial charge is 0.339 e. The van der Waals surface area contributed by atoms with Crippen LogP contribution in [0.15, 0.2) is 54.6 Å². The molecule has 5 rings (SSSR count). The van der Waals surface area contributed by atoms with Gasteiger partial charge in [-0.1, -0.05) is 36.4 Å². The number of likely N-dealkylation sites (N-methyl/N-ethyl adjacent to an activating group) is 1. The second-order valence-corrected chi connectivity index (χ2v) is 8.37. The van der Waals surface area contributed by atoms with Crippen LogP contribution in [0.3, 0.4) is 0 Å². The summed E-state index contributed by atoms with van der Waals surface area (Å²) in [6.07, 6.45) is 0.770. The van der Waals surface area contributed by atoms with Gasteiger partial charge in [-0.25, -0.2) is 4.79 Å².